The highest BCUT2D eigenvalue weighted by Crippen LogP contribution is 2.17. The Labute approximate surface area is 620 Å². The van der Waals surface area contributed by atoms with Crippen molar-refractivity contribution in [2.45, 2.75) is 309 Å². The Morgan fingerprint density at radius 3 is 0.792 bits per heavy atom. The molecule has 2 atom stereocenters. The van der Waals surface area contributed by atoms with Crippen LogP contribution in [0.4, 0.5) is 0 Å². The Morgan fingerprint density at radius 1 is 0.297 bits per heavy atom. The van der Waals surface area contributed by atoms with Gasteiger partial charge >= 0.3 is 11.9 Å². The summed E-state index contributed by atoms with van der Waals surface area (Å²) in [4.78, 5) is 37.6. The van der Waals surface area contributed by atoms with Crippen molar-refractivity contribution in [1.29, 1.82) is 0 Å². The molecule has 0 saturated heterocycles. The van der Waals surface area contributed by atoms with Crippen molar-refractivity contribution >= 4 is 17.9 Å². The lowest BCUT2D eigenvalue weighted by molar-refractivity contribution is -0.870. The minimum Gasteiger partial charge on any atom is -0.545 e. The SMILES string of the molecule is CC/C=C\C/C=C\C/C=C\C/C=C\C/C=C\C/C=C\C/C=C\C/C=C\C/C=C\CCCCCCCCCCCC(=O)OC(COC(=O)CCCCCCCCCCCCCCCC/C=C\C/C=C\C/C=C\C/C=C\C/C=C\C/C=C\C/C=C\C/C=C\CC)COC(OCC[N+](C)(C)C)C(=O)[O-]. The van der Waals surface area contributed by atoms with E-state index in [1.165, 1.54) is 109 Å². The molecule has 0 spiro atoms. The molecule has 2 unspecified atom stereocenters. The van der Waals surface area contributed by atoms with Crippen LogP contribution >= 0.6 is 0 Å². The Morgan fingerprint density at radius 2 is 0.535 bits per heavy atom. The molecule has 0 aromatic carbocycles. The summed E-state index contributed by atoms with van der Waals surface area (Å²) in [5.74, 6) is -2.30. The fraction of sp³-hybridized carbons (Fsp3) is 0.598. The van der Waals surface area contributed by atoms with E-state index < -0.39 is 24.3 Å². The van der Waals surface area contributed by atoms with Gasteiger partial charge in [-0.3, -0.25) is 9.59 Å². The van der Waals surface area contributed by atoms with E-state index in [0.717, 1.165) is 154 Å². The summed E-state index contributed by atoms with van der Waals surface area (Å²) in [7, 11) is 5.92. The van der Waals surface area contributed by atoms with Gasteiger partial charge in [-0.05, 0) is 148 Å². The number of esters is 2. The van der Waals surface area contributed by atoms with E-state index in [1.54, 1.807) is 0 Å². The van der Waals surface area contributed by atoms with Gasteiger partial charge in [0, 0.05) is 12.8 Å². The van der Waals surface area contributed by atoms with Gasteiger partial charge in [0.05, 0.1) is 40.3 Å². The summed E-state index contributed by atoms with van der Waals surface area (Å²) < 4.78 is 22.8. The number of carboxylic acid groups (broad SMARTS) is 1. The third-order valence-electron chi connectivity index (χ3n) is 16.5. The predicted molar refractivity (Wildman–Crippen MR) is 434 cm³/mol. The summed E-state index contributed by atoms with van der Waals surface area (Å²) in [6.45, 7) is 4.51. The second-order valence-electron chi connectivity index (χ2n) is 27.2. The zero-order valence-corrected chi connectivity index (χ0v) is 64.9. The van der Waals surface area contributed by atoms with Gasteiger partial charge in [0.1, 0.15) is 13.2 Å². The normalized spacial score (nSPS) is 13.8. The summed E-state index contributed by atoms with van der Waals surface area (Å²) >= 11 is 0. The average molecular weight is 1400 g/mol. The molecule has 0 aliphatic rings. The number of carbonyl (C=O) groups is 3. The van der Waals surface area contributed by atoms with E-state index in [2.05, 4.69) is 220 Å². The van der Waals surface area contributed by atoms with E-state index in [-0.39, 0.29) is 38.6 Å². The highest BCUT2D eigenvalue weighted by molar-refractivity contribution is 5.70. The van der Waals surface area contributed by atoms with E-state index >= 15 is 0 Å². The van der Waals surface area contributed by atoms with Crippen LogP contribution in [-0.2, 0) is 33.3 Å². The maximum Gasteiger partial charge on any atom is 0.306 e. The molecular formula is C92H147NO8. The van der Waals surface area contributed by atoms with Crippen LogP contribution in [0.3, 0.4) is 0 Å². The molecule has 568 valence electrons. The Kier molecular flexibility index (Phi) is 74.7. The summed E-state index contributed by atoms with van der Waals surface area (Å²) in [6, 6.07) is 0. The molecule has 0 heterocycles. The third kappa shape index (κ3) is 81.0. The number of nitrogens with zero attached hydrogens (tertiary/aromatic N) is 1. The van der Waals surface area contributed by atoms with Crippen LogP contribution < -0.4 is 5.11 Å². The number of rotatable bonds is 72. The summed E-state index contributed by atoms with van der Waals surface area (Å²) in [5, 5.41) is 11.9. The van der Waals surface area contributed by atoms with Crippen LogP contribution in [0, 0.1) is 0 Å². The van der Waals surface area contributed by atoms with E-state index in [4.69, 9.17) is 18.9 Å². The van der Waals surface area contributed by atoms with Gasteiger partial charge in [0.2, 0.25) is 0 Å². The second-order valence-corrected chi connectivity index (χ2v) is 27.2. The standard InChI is InChI=1S/C92H147NO8/c1-6-8-10-12-14-16-18-20-22-24-26-28-30-32-34-36-38-40-42-44-45-47-48-50-52-54-56-58-60-62-64-66-68-70-72-74-76-78-80-82-89(94)99-86-88(87-100-92(91(96)97)98-85-84-93(3,4)5)101-90(95)83-81-79-77-75-73-71-69-67-65-63-61-59-57-55-53-51-49-46-43-41-39-37-35-33-31-29-27-25-23-21-19-17-15-13-11-9-7-2/h8-11,14-17,20-23,26-29,32-35,38-41,44-46,48-50,53,55,59,61,88,92H,6-7,12-13,18-19,24-25,30-31,36-37,42-43,47,51-52,54,56-58,60,62-87H2,1-5H3/b10-8-,11-9-,16-14-,17-15-,22-20-,23-21-,28-26-,29-27-,34-32-,35-33-,40-38-,41-39-,45-44-,49-46-,50-48-,55-53-,61-59-. The maximum atomic E-state index is 13.0. The number of aliphatic carboxylic acids is 1. The summed E-state index contributed by atoms with van der Waals surface area (Å²) in [6.07, 6.45) is 121. The highest BCUT2D eigenvalue weighted by atomic mass is 16.7. The monoisotopic (exact) mass is 1390 g/mol. The summed E-state index contributed by atoms with van der Waals surface area (Å²) in [5.41, 5.74) is 0. The zero-order valence-electron chi connectivity index (χ0n) is 64.9. The van der Waals surface area contributed by atoms with Crippen LogP contribution in [0.5, 0.6) is 0 Å². The van der Waals surface area contributed by atoms with Crippen LogP contribution in [0.1, 0.15) is 296 Å². The van der Waals surface area contributed by atoms with Gasteiger partial charge in [-0.1, -0.05) is 342 Å². The molecular weight excluding hydrogens is 1250 g/mol. The minimum atomic E-state index is -1.64. The van der Waals surface area contributed by atoms with Crippen molar-refractivity contribution < 1.29 is 42.9 Å². The molecule has 9 nitrogen and oxygen atoms in total. The smallest absolute Gasteiger partial charge is 0.306 e. The number of carbonyl (C=O) groups excluding carboxylic acids is 3. The van der Waals surface area contributed by atoms with Crippen molar-refractivity contribution in [3.8, 4) is 0 Å². The number of carboxylic acids is 1. The average Bonchev–Trinajstić information content (AvgIpc) is 1.25. The number of quaternary nitrogens is 1. The van der Waals surface area contributed by atoms with Crippen LogP contribution in [-0.4, -0.2) is 82.3 Å². The van der Waals surface area contributed by atoms with E-state index in [9.17, 15) is 19.5 Å². The molecule has 0 rings (SSSR count). The van der Waals surface area contributed by atoms with Crippen molar-refractivity contribution in [1.82, 2.24) is 0 Å². The molecule has 0 N–H and O–H groups in total. The Hall–Kier alpha value is -6.13. The van der Waals surface area contributed by atoms with Crippen molar-refractivity contribution in [2.75, 3.05) is 47.5 Å². The number of allylic oxidation sites excluding steroid dienone is 34. The first-order valence-corrected chi connectivity index (χ1v) is 40.2. The van der Waals surface area contributed by atoms with Gasteiger partial charge in [-0.2, -0.15) is 0 Å². The van der Waals surface area contributed by atoms with Gasteiger partial charge in [-0.15, -0.1) is 0 Å². The molecule has 0 saturated carbocycles. The fourth-order valence-electron chi connectivity index (χ4n) is 10.5. The number of likely N-dealkylation sites (N-methyl/N-ethyl adjacent to an activating group) is 1. The maximum absolute atomic E-state index is 13.0. The molecule has 0 amide bonds. The molecule has 0 radical (unpaired) electrons. The third-order valence-corrected chi connectivity index (χ3v) is 16.5. The molecule has 0 fully saturated rings. The van der Waals surface area contributed by atoms with Gasteiger partial charge in [0.15, 0.2) is 12.4 Å². The largest absolute Gasteiger partial charge is 0.545 e. The predicted octanol–water partition coefficient (Wildman–Crippen LogP) is 24.9. The molecule has 0 aliphatic carbocycles. The molecule has 9 heteroatoms. The quantitative estimate of drug-likeness (QED) is 0.0195. The zero-order chi connectivity index (χ0) is 73.2. The number of unbranched alkanes of at least 4 members (excludes halogenated alkanes) is 23. The van der Waals surface area contributed by atoms with Crippen molar-refractivity contribution in [3.63, 3.8) is 0 Å². The fourth-order valence-corrected chi connectivity index (χ4v) is 10.5. The number of ether oxygens (including phenoxy) is 4. The lowest BCUT2D eigenvalue weighted by atomic mass is 10.0. The molecule has 0 aromatic heterocycles. The highest BCUT2D eigenvalue weighted by Gasteiger charge is 2.22. The molecule has 101 heavy (non-hydrogen) atoms. The minimum absolute atomic E-state index is 0.137. The molecule has 0 bridgehead atoms. The van der Waals surface area contributed by atoms with Crippen molar-refractivity contribution in [3.05, 3.63) is 207 Å². The molecule has 0 aromatic rings. The number of hydrogen-bond donors (Lipinski definition) is 0. The Bertz CT molecular complexity index is 2420. The van der Waals surface area contributed by atoms with Crippen LogP contribution in [0.25, 0.3) is 0 Å². The van der Waals surface area contributed by atoms with Crippen LogP contribution in [0.2, 0.25) is 0 Å². The first kappa shape index (κ1) is 94.9. The first-order chi connectivity index (χ1) is 49.6. The first-order valence-electron chi connectivity index (χ1n) is 40.2. The Balaban J connectivity index is 4.12. The lowest BCUT2D eigenvalue weighted by Gasteiger charge is -2.26. The van der Waals surface area contributed by atoms with Crippen molar-refractivity contribution in [2.24, 2.45) is 0 Å². The number of hydrogen-bond acceptors (Lipinski definition) is 8. The van der Waals surface area contributed by atoms with E-state index in [1.807, 2.05) is 21.1 Å². The second kappa shape index (κ2) is 79.6. The van der Waals surface area contributed by atoms with Gasteiger partial charge in [0.25, 0.3) is 0 Å². The lowest BCUT2D eigenvalue weighted by Crippen LogP contribution is -2.44. The topological polar surface area (TPSA) is 111 Å². The molecule has 0 aliphatic heterocycles. The van der Waals surface area contributed by atoms with Gasteiger partial charge < -0.3 is 33.3 Å². The van der Waals surface area contributed by atoms with E-state index in [0.29, 0.717) is 17.4 Å². The van der Waals surface area contributed by atoms with Gasteiger partial charge in [-0.25, -0.2) is 0 Å². The van der Waals surface area contributed by atoms with Crippen LogP contribution in [0.15, 0.2) is 207 Å².